The summed E-state index contributed by atoms with van der Waals surface area (Å²) in [4.78, 5) is 17.5. The first kappa shape index (κ1) is 14.3. The Morgan fingerprint density at radius 2 is 2.26 bits per heavy atom. The SMILES string of the molecule is CN(C(=O)Nc1nccs1)C1CCCC1S(C)(=O)=O. The van der Waals surface area contributed by atoms with Crippen molar-refractivity contribution >= 4 is 32.3 Å². The number of thiazole rings is 1. The van der Waals surface area contributed by atoms with Crippen molar-refractivity contribution in [1.82, 2.24) is 9.88 Å². The minimum absolute atomic E-state index is 0.255. The maximum absolute atomic E-state index is 12.1. The maximum atomic E-state index is 12.1. The number of carbonyl (C=O) groups excluding carboxylic acids is 1. The average molecular weight is 303 g/mol. The molecule has 0 aliphatic heterocycles. The van der Waals surface area contributed by atoms with Gasteiger partial charge in [0.15, 0.2) is 15.0 Å². The highest BCUT2D eigenvalue weighted by molar-refractivity contribution is 7.91. The monoisotopic (exact) mass is 303 g/mol. The van der Waals surface area contributed by atoms with E-state index in [1.807, 2.05) is 0 Å². The summed E-state index contributed by atoms with van der Waals surface area (Å²) in [6.07, 6.45) is 5.02. The molecular formula is C11H17N3O3S2. The van der Waals surface area contributed by atoms with Crippen LogP contribution in [-0.4, -0.2) is 48.9 Å². The second-order valence-electron chi connectivity index (χ2n) is 4.74. The minimum atomic E-state index is -3.13. The molecule has 1 fully saturated rings. The number of nitrogens with one attached hydrogen (secondary N) is 1. The van der Waals surface area contributed by atoms with Crippen molar-refractivity contribution in [2.75, 3.05) is 18.6 Å². The predicted molar refractivity (Wildman–Crippen MR) is 75.2 cm³/mol. The Balaban J connectivity index is 2.06. The fourth-order valence-corrected chi connectivity index (χ4v) is 4.47. The lowest BCUT2D eigenvalue weighted by Crippen LogP contribution is -2.46. The molecule has 106 valence electrons. The zero-order valence-electron chi connectivity index (χ0n) is 10.9. The van der Waals surface area contributed by atoms with Gasteiger partial charge in [-0.1, -0.05) is 0 Å². The summed E-state index contributed by atoms with van der Waals surface area (Å²) in [5, 5.41) is 4.50. The van der Waals surface area contributed by atoms with Crippen molar-refractivity contribution < 1.29 is 13.2 Å². The Morgan fingerprint density at radius 1 is 1.53 bits per heavy atom. The summed E-state index contributed by atoms with van der Waals surface area (Å²) in [7, 11) is -1.49. The minimum Gasteiger partial charge on any atom is -0.323 e. The number of hydrogen-bond acceptors (Lipinski definition) is 5. The van der Waals surface area contributed by atoms with Gasteiger partial charge in [0.25, 0.3) is 0 Å². The predicted octanol–water partition coefficient (Wildman–Crippen LogP) is 1.57. The molecule has 1 N–H and O–H groups in total. The summed E-state index contributed by atoms with van der Waals surface area (Å²) < 4.78 is 23.4. The lowest BCUT2D eigenvalue weighted by Gasteiger charge is -2.28. The molecule has 0 radical (unpaired) electrons. The average Bonchev–Trinajstić information content (AvgIpc) is 2.96. The van der Waals surface area contributed by atoms with Gasteiger partial charge in [0.1, 0.15) is 0 Å². The molecule has 1 aliphatic carbocycles. The first-order valence-electron chi connectivity index (χ1n) is 6.02. The molecule has 0 saturated heterocycles. The van der Waals surface area contributed by atoms with Crippen LogP contribution in [0.25, 0.3) is 0 Å². The van der Waals surface area contributed by atoms with E-state index >= 15 is 0 Å². The van der Waals surface area contributed by atoms with Crippen molar-refractivity contribution in [3.63, 3.8) is 0 Å². The van der Waals surface area contributed by atoms with Crippen LogP contribution >= 0.6 is 11.3 Å². The van der Waals surface area contributed by atoms with E-state index in [-0.39, 0.29) is 12.1 Å². The molecule has 1 aromatic heterocycles. The lowest BCUT2D eigenvalue weighted by atomic mass is 10.2. The zero-order chi connectivity index (χ0) is 14.0. The van der Waals surface area contributed by atoms with E-state index in [0.717, 1.165) is 12.8 Å². The first-order chi connectivity index (χ1) is 8.89. The summed E-state index contributed by atoms with van der Waals surface area (Å²) in [6.45, 7) is 0. The van der Waals surface area contributed by atoms with Crippen LogP contribution < -0.4 is 5.32 Å². The number of hydrogen-bond donors (Lipinski definition) is 1. The number of rotatable bonds is 3. The molecule has 2 unspecified atom stereocenters. The van der Waals surface area contributed by atoms with E-state index in [9.17, 15) is 13.2 Å². The van der Waals surface area contributed by atoms with Crippen LogP contribution in [0.15, 0.2) is 11.6 Å². The molecule has 2 atom stereocenters. The molecule has 6 nitrogen and oxygen atoms in total. The van der Waals surface area contributed by atoms with Gasteiger partial charge in [-0.3, -0.25) is 5.32 Å². The van der Waals surface area contributed by atoms with E-state index in [2.05, 4.69) is 10.3 Å². The lowest BCUT2D eigenvalue weighted by molar-refractivity contribution is 0.205. The maximum Gasteiger partial charge on any atom is 0.323 e. The third-order valence-electron chi connectivity index (χ3n) is 3.43. The molecule has 1 aromatic rings. The molecule has 1 aliphatic rings. The summed E-state index contributed by atoms with van der Waals surface area (Å²) in [5.41, 5.74) is 0. The third-order valence-corrected chi connectivity index (χ3v) is 5.77. The van der Waals surface area contributed by atoms with E-state index in [0.29, 0.717) is 11.6 Å². The van der Waals surface area contributed by atoms with Crippen molar-refractivity contribution in [2.24, 2.45) is 0 Å². The highest BCUT2D eigenvalue weighted by atomic mass is 32.2. The highest BCUT2D eigenvalue weighted by Gasteiger charge is 2.38. The number of anilines is 1. The van der Waals surface area contributed by atoms with Gasteiger partial charge < -0.3 is 4.90 Å². The summed E-state index contributed by atoms with van der Waals surface area (Å²) in [6, 6.07) is -0.564. The molecule has 1 saturated carbocycles. The molecule has 8 heteroatoms. The molecule has 2 amide bonds. The quantitative estimate of drug-likeness (QED) is 0.919. The molecule has 0 aromatic carbocycles. The Morgan fingerprint density at radius 3 is 2.84 bits per heavy atom. The number of carbonyl (C=O) groups is 1. The van der Waals surface area contributed by atoms with Crippen LogP contribution in [0.1, 0.15) is 19.3 Å². The Labute approximate surface area is 116 Å². The fraction of sp³-hybridized carbons (Fsp3) is 0.636. The normalized spacial score (nSPS) is 23.3. The second kappa shape index (κ2) is 5.46. The summed E-state index contributed by atoms with van der Waals surface area (Å²) >= 11 is 1.33. The number of nitrogens with zero attached hydrogens (tertiary/aromatic N) is 2. The van der Waals surface area contributed by atoms with E-state index in [4.69, 9.17) is 0 Å². The highest BCUT2D eigenvalue weighted by Crippen LogP contribution is 2.29. The standard InChI is InChI=1S/C11H17N3O3S2/c1-14(11(15)13-10-12-6-7-18-10)8-4-3-5-9(8)19(2,16)17/h6-9H,3-5H2,1-2H3,(H,12,13,15). The molecule has 19 heavy (non-hydrogen) atoms. The van der Waals surface area contributed by atoms with E-state index < -0.39 is 15.1 Å². The van der Waals surface area contributed by atoms with E-state index in [1.165, 1.54) is 22.5 Å². The number of urea groups is 1. The van der Waals surface area contributed by atoms with Crippen LogP contribution in [0.2, 0.25) is 0 Å². The van der Waals surface area contributed by atoms with Gasteiger partial charge in [-0.15, -0.1) is 11.3 Å². The van der Waals surface area contributed by atoms with Crippen molar-refractivity contribution in [3.8, 4) is 0 Å². The number of aromatic nitrogens is 1. The van der Waals surface area contributed by atoms with Crippen molar-refractivity contribution in [3.05, 3.63) is 11.6 Å². The van der Waals surface area contributed by atoms with Gasteiger partial charge in [0.2, 0.25) is 0 Å². The van der Waals surface area contributed by atoms with Crippen LogP contribution in [0.5, 0.6) is 0 Å². The van der Waals surface area contributed by atoms with E-state index in [1.54, 1.807) is 18.6 Å². The molecule has 1 heterocycles. The van der Waals surface area contributed by atoms with Crippen molar-refractivity contribution in [2.45, 2.75) is 30.6 Å². The largest absolute Gasteiger partial charge is 0.323 e. The van der Waals surface area contributed by atoms with Gasteiger partial charge >= 0.3 is 6.03 Å². The molecule has 0 spiro atoms. The third kappa shape index (κ3) is 3.24. The van der Waals surface area contributed by atoms with Crippen LogP contribution in [0, 0.1) is 0 Å². The van der Waals surface area contributed by atoms with Gasteiger partial charge in [0, 0.05) is 30.9 Å². The molecular weight excluding hydrogens is 286 g/mol. The fourth-order valence-electron chi connectivity index (χ4n) is 2.46. The number of amides is 2. The van der Waals surface area contributed by atoms with Gasteiger partial charge in [-0.05, 0) is 19.3 Å². The topological polar surface area (TPSA) is 79.4 Å². The van der Waals surface area contributed by atoms with Crippen LogP contribution in [0.4, 0.5) is 9.93 Å². The van der Waals surface area contributed by atoms with Gasteiger partial charge in [-0.25, -0.2) is 18.2 Å². The van der Waals surface area contributed by atoms with Crippen LogP contribution in [0.3, 0.4) is 0 Å². The van der Waals surface area contributed by atoms with Gasteiger partial charge in [0.05, 0.1) is 5.25 Å². The van der Waals surface area contributed by atoms with Crippen LogP contribution in [-0.2, 0) is 9.84 Å². The zero-order valence-corrected chi connectivity index (χ0v) is 12.5. The smallest absolute Gasteiger partial charge is 0.323 e. The Kier molecular flexibility index (Phi) is 4.10. The summed E-state index contributed by atoms with van der Waals surface area (Å²) in [5.74, 6) is 0. The molecule has 2 rings (SSSR count). The second-order valence-corrected chi connectivity index (χ2v) is 7.90. The first-order valence-corrected chi connectivity index (χ1v) is 8.85. The molecule has 0 bridgehead atoms. The Bertz CT molecular complexity index is 542. The van der Waals surface area contributed by atoms with Crippen molar-refractivity contribution in [1.29, 1.82) is 0 Å². The Hall–Kier alpha value is -1.15. The van der Waals surface area contributed by atoms with Gasteiger partial charge in [-0.2, -0.15) is 0 Å². The number of sulfone groups is 1.